The van der Waals surface area contributed by atoms with Gasteiger partial charge in [0, 0.05) is 12.6 Å². The van der Waals surface area contributed by atoms with Gasteiger partial charge in [0.25, 0.3) is 0 Å². The molecule has 1 heterocycles. The Hall–Kier alpha value is -2.44. The molecule has 1 saturated heterocycles. The van der Waals surface area contributed by atoms with Crippen LogP contribution in [0.15, 0.2) is 48.5 Å². The molecule has 0 aliphatic carbocycles. The van der Waals surface area contributed by atoms with Gasteiger partial charge in [-0.25, -0.2) is 9.18 Å². The van der Waals surface area contributed by atoms with E-state index in [4.69, 9.17) is 9.47 Å². The maximum absolute atomic E-state index is 13.2. The fourth-order valence-electron chi connectivity index (χ4n) is 3.52. The molecule has 0 unspecified atom stereocenters. The van der Waals surface area contributed by atoms with E-state index < -0.39 is 6.10 Å². The van der Waals surface area contributed by atoms with Crippen LogP contribution in [0.1, 0.15) is 41.7 Å². The molecule has 2 atom stereocenters. The minimum Gasteiger partial charge on any atom is -0.491 e. The van der Waals surface area contributed by atoms with Gasteiger partial charge in [-0.05, 0) is 68.3 Å². The number of esters is 1. The summed E-state index contributed by atoms with van der Waals surface area (Å²) in [6.45, 7) is 3.64. The molecule has 1 N–H and O–H groups in total. The fraction of sp³-hybridized carbons (Fsp3) is 0.409. The van der Waals surface area contributed by atoms with Crippen LogP contribution in [0, 0.1) is 5.82 Å². The van der Waals surface area contributed by atoms with Gasteiger partial charge < -0.3 is 14.6 Å². The minimum absolute atomic E-state index is 0.158. The molecule has 1 fully saturated rings. The molecule has 0 radical (unpaired) electrons. The molecule has 0 amide bonds. The number of likely N-dealkylation sites (tertiary alicyclic amines) is 1. The summed E-state index contributed by atoms with van der Waals surface area (Å²) in [5.41, 5.74) is 1.54. The third-order valence-electron chi connectivity index (χ3n) is 4.87. The standard InChI is InChI=1S/C22H26FNO4/c1-2-27-22(26)17-7-11-20(12-8-17)28-15-19(25)14-24-13-3-4-21(24)16-5-9-18(23)10-6-16/h5-12,19,21,25H,2-4,13-15H2,1H3/t19-,21-/m1/s1. The van der Waals surface area contributed by atoms with Crippen LogP contribution < -0.4 is 4.74 Å². The quantitative estimate of drug-likeness (QED) is 0.702. The Balaban J connectivity index is 1.50. The zero-order valence-electron chi connectivity index (χ0n) is 16.0. The van der Waals surface area contributed by atoms with Crippen molar-refractivity contribution in [2.45, 2.75) is 31.9 Å². The highest BCUT2D eigenvalue weighted by Crippen LogP contribution is 2.32. The van der Waals surface area contributed by atoms with Gasteiger partial charge in [-0.1, -0.05) is 12.1 Å². The predicted molar refractivity (Wildman–Crippen MR) is 104 cm³/mol. The molecule has 6 heteroatoms. The number of benzene rings is 2. The van der Waals surface area contributed by atoms with E-state index in [9.17, 15) is 14.3 Å². The summed E-state index contributed by atoms with van der Waals surface area (Å²) >= 11 is 0. The first-order valence-corrected chi connectivity index (χ1v) is 9.64. The molecule has 3 rings (SSSR count). The minimum atomic E-state index is -0.647. The summed E-state index contributed by atoms with van der Waals surface area (Å²) in [5, 5.41) is 10.4. The summed E-state index contributed by atoms with van der Waals surface area (Å²) < 4.78 is 23.8. The van der Waals surface area contributed by atoms with E-state index in [1.807, 2.05) is 12.1 Å². The number of carbonyl (C=O) groups excluding carboxylic acids is 1. The van der Waals surface area contributed by atoms with Crippen LogP contribution in [0.4, 0.5) is 4.39 Å². The maximum Gasteiger partial charge on any atom is 0.338 e. The molecular formula is C22H26FNO4. The predicted octanol–water partition coefficient (Wildman–Crippen LogP) is 3.58. The Morgan fingerprint density at radius 1 is 1.21 bits per heavy atom. The number of rotatable bonds is 8. The van der Waals surface area contributed by atoms with Crippen molar-refractivity contribution >= 4 is 5.97 Å². The zero-order chi connectivity index (χ0) is 19.9. The number of halogens is 1. The van der Waals surface area contributed by atoms with E-state index >= 15 is 0 Å². The molecule has 2 aromatic carbocycles. The Kier molecular flexibility index (Phi) is 7.01. The van der Waals surface area contributed by atoms with Gasteiger partial charge in [0.1, 0.15) is 24.3 Å². The van der Waals surface area contributed by atoms with E-state index in [1.165, 1.54) is 12.1 Å². The highest BCUT2D eigenvalue weighted by molar-refractivity contribution is 5.89. The highest BCUT2D eigenvalue weighted by atomic mass is 19.1. The number of ether oxygens (including phenoxy) is 2. The second kappa shape index (κ2) is 9.66. The van der Waals surface area contributed by atoms with E-state index in [-0.39, 0.29) is 24.4 Å². The van der Waals surface area contributed by atoms with Crippen LogP contribution in [0.5, 0.6) is 5.75 Å². The molecule has 0 bridgehead atoms. The molecule has 1 aliphatic rings. The lowest BCUT2D eigenvalue weighted by Gasteiger charge is -2.27. The lowest BCUT2D eigenvalue weighted by Crippen LogP contribution is -2.35. The molecule has 0 aromatic heterocycles. The van der Waals surface area contributed by atoms with Crippen molar-refractivity contribution in [3.05, 3.63) is 65.5 Å². The molecule has 5 nitrogen and oxygen atoms in total. The SMILES string of the molecule is CCOC(=O)c1ccc(OC[C@H](O)CN2CCC[C@@H]2c2ccc(F)cc2)cc1. The van der Waals surface area contributed by atoms with Gasteiger partial charge >= 0.3 is 5.97 Å². The molecule has 0 saturated carbocycles. The summed E-state index contributed by atoms with van der Waals surface area (Å²) in [6.07, 6.45) is 1.39. The van der Waals surface area contributed by atoms with Crippen LogP contribution in [-0.2, 0) is 4.74 Å². The Morgan fingerprint density at radius 2 is 1.93 bits per heavy atom. The highest BCUT2D eigenvalue weighted by Gasteiger charge is 2.27. The lowest BCUT2D eigenvalue weighted by molar-refractivity contribution is 0.0525. The van der Waals surface area contributed by atoms with Crippen molar-refractivity contribution in [1.82, 2.24) is 4.90 Å². The monoisotopic (exact) mass is 387 g/mol. The van der Waals surface area contributed by atoms with Gasteiger partial charge in [-0.2, -0.15) is 0 Å². The summed E-state index contributed by atoms with van der Waals surface area (Å²) in [7, 11) is 0. The molecule has 2 aromatic rings. The average molecular weight is 387 g/mol. The zero-order valence-corrected chi connectivity index (χ0v) is 16.0. The van der Waals surface area contributed by atoms with E-state index in [1.54, 1.807) is 31.2 Å². The summed E-state index contributed by atoms with van der Waals surface area (Å²) in [4.78, 5) is 13.9. The smallest absolute Gasteiger partial charge is 0.338 e. The maximum atomic E-state index is 13.2. The first-order valence-electron chi connectivity index (χ1n) is 9.64. The van der Waals surface area contributed by atoms with Crippen molar-refractivity contribution in [2.24, 2.45) is 0 Å². The molecular weight excluding hydrogens is 361 g/mol. The second-order valence-electron chi connectivity index (χ2n) is 6.91. The third kappa shape index (κ3) is 5.30. The van der Waals surface area contributed by atoms with Crippen LogP contribution in [0.2, 0.25) is 0 Å². The fourth-order valence-corrected chi connectivity index (χ4v) is 3.52. The molecule has 150 valence electrons. The molecule has 0 spiro atoms. The van der Waals surface area contributed by atoms with Crippen LogP contribution >= 0.6 is 0 Å². The topological polar surface area (TPSA) is 59.0 Å². The van der Waals surface area contributed by atoms with Gasteiger partial charge in [-0.15, -0.1) is 0 Å². The van der Waals surface area contributed by atoms with Crippen LogP contribution in [-0.4, -0.2) is 48.4 Å². The average Bonchev–Trinajstić information content (AvgIpc) is 3.15. The number of aliphatic hydroxyl groups excluding tert-OH is 1. The largest absolute Gasteiger partial charge is 0.491 e. The first-order chi connectivity index (χ1) is 13.6. The van der Waals surface area contributed by atoms with E-state index in [0.29, 0.717) is 24.5 Å². The number of aliphatic hydroxyl groups is 1. The number of nitrogens with zero attached hydrogens (tertiary/aromatic N) is 1. The lowest BCUT2D eigenvalue weighted by atomic mass is 10.0. The number of hydrogen-bond acceptors (Lipinski definition) is 5. The first kappa shape index (κ1) is 20.3. The van der Waals surface area contributed by atoms with Gasteiger partial charge in [-0.3, -0.25) is 4.90 Å². The van der Waals surface area contributed by atoms with Crippen LogP contribution in [0.3, 0.4) is 0 Å². The Labute approximate surface area is 164 Å². The van der Waals surface area contributed by atoms with Crippen molar-refractivity contribution in [3.63, 3.8) is 0 Å². The Morgan fingerprint density at radius 3 is 2.61 bits per heavy atom. The number of β-amino-alcohol motifs (C(OH)–C–C–N with tert-alkyl or cyclic N) is 1. The van der Waals surface area contributed by atoms with Gasteiger partial charge in [0.2, 0.25) is 0 Å². The third-order valence-corrected chi connectivity index (χ3v) is 4.87. The van der Waals surface area contributed by atoms with E-state index in [0.717, 1.165) is 24.9 Å². The van der Waals surface area contributed by atoms with Crippen molar-refractivity contribution in [3.8, 4) is 5.75 Å². The van der Waals surface area contributed by atoms with Crippen molar-refractivity contribution in [2.75, 3.05) is 26.3 Å². The normalized spacial score (nSPS) is 18.0. The summed E-state index contributed by atoms with van der Waals surface area (Å²) in [5.74, 6) is -0.0192. The second-order valence-corrected chi connectivity index (χ2v) is 6.91. The summed E-state index contributed by atoms with van der Waals surface area (Å²) in [6, 6.07) is 13.4. The number of hydrogen-bond donors (Lipinski definition) is 1. The van der Waals surface area contributed by atoms with Crippen LogP contribution in [0.25, 0.3) is 0 Å². The molecule has 28 heavy (non-hydrogen) atoms. The Bertz CT molecular complexity index is 763. The van der Waals surface area contributed by atoms with Gasteiger partial charge in [0.15, 0.2) is 0 Å². The number of carbonyl (C=O) groups is 1. The molecule has 1 aliphatic heterocycles. The van der Waals surface area contributed by atoms with Crippen molar-refractivity contribution in [1.29, 1.82) is 0 Å². The van der Waals surface area contributed by atoms with Crippen molar-refractivity contribution < 1.29 is 23.8 Å². The van der Waals surface area contributed by atoms with E-state index in [2.05, 4.69) is 4.90 Å². The van der Waals surface area contributed by atoms with Gasteiger partial charge in [0.05, 0.1) is 12.2 Å².